The summed E-state index contributed by atoms with van der Waals surface area (Å²) in [6, 6.07) is 6.76. The van der Waals surface area contributed by atoms with Gasteiger partial charge in [-0.1, -0.05) is 12.1 Å². The van der Waals surface area contributed by atoms with Gasteiger partial charge in [0.1, 0.15) is 11.4 Å². The molecular weight excluding hydrogens is 319 g/mol. The standard InChI is InChI=1S/C19H19FN4O/c1-11-9-14(5-6-16(11)20)17(13-3-4-13)23-19(25)15-10-21-24-8-7-12(2)22-18(15)24/h5-10,13,17H,3-4H2,1-2H3,(H,23,25). The second-order valence-electron chi connectivity index (χ2n) is 6.69. The van der Waals surface area contributed by atoms with Gasteiger partial charge in [0.05, 0.1) is 12.2 Å². The number of hydrogen-bond donors (Lipinski definition) is 1. The Labute approximate surface area is 144 Å². The second kappa shape index (κ2) is 5.95. The van der Waals surface area contributed by atoms with E-state index >= 15 is 0 Å². The third-order valence-electron chi connectivity index (χ3n) is 4.67. The molecule has 1 N–H and O–H groups in total. The molecular formula is C19H19FN4O. The van der Waals surface area contributed by atoms with E-state index in [1.54, 1.807) is 23.7 Å². The zero-order chi connectivity index (χ0) is 17.6. The first-order valence-electron chi connectivity index (χ1n) is 8.41. The van der Waals surface area contributed by atoms with Crippen LogP contribution in [0.1, 0.15) is 46.1 Å². The predicted molar refractivity (Wildman–Crippen MR) is 91.8 cm³/mol. The zero-order valence-electron chi connectivity index (χ0n) is 14.2. The van der Waals surface area contributed by atoms with Gasteiger partial charge in [-0.25, -0.2) is 13.9 Å². The lowest BCUT2D eigenvalue weighted by atomic mass is 10.00. The first-order chi connectivity index (χ1) is 12.0. The average Bonchev–Trinajstić information content (AvgIpc) is 3.34. The molecule has 1 amide bonds. The van der Waals surface area contributed by atoms with Crippen LogP contribution in [-0.2, 0) is 0 Å². The molecule has 1 saturated carbocycles. The number of halogens is 1. The average molecular weight is 338 g/mol. The summed E-state index contributed by atoms with van der Waals surface area (Å²) in [5.74, 6) is -0.0377. The van der Waals surface area contributed by atoms with Crippen LogP contribution in [0.2, 0.25) is 0 Å². The summed E-state index contributed by atoms with van der Waals surface area (Å²) in [7, 11) is 0. The van der Waals surface area contributed by atoms with Crippen molar-refractivity contribution in [2.75, 3.05) is 0 Å². The van der Waals surface area contributed by atoms with Crippen LogP contribution in [0.25, 0.3) is 5.65 Å². The molecule has 1 aliphatic carbocycles. The van der Waals surface area contributed by atoms with Gasteiger partial charge in [-0.15, -0.1) is 0 Å². The van der Waals surface area contributed by atoms with E-state index in [9.17, 15) is 9.18 Å². The molecule has 2 heterocycles. The lowest BCUT2D eigenvalue weighted by Gasteiger charge is -2.19. The molecule has 1 aromatic carbocycles. The summed E-state index contributed by atoms with van der Waals surface area (Å²) >= 11 is 0. The van der Waals surface area contributed by atoms with Crippen molar-refractivity contribution in [2.45, 2.75) is 32.7 Å². The molecule has 128 valence electrons. The predicted octanol–water partition coefficient (Wildman–Crippen LogP) is 3.37. The van der Waals surface area contributed by atoms with Crippen LogP contribution in [-0.4, -0.2) is 20.5 Å². The topological polar surface area (TPSA) is 59.3 Å². The van der Waals surface area contributed by atoms with Gasteiger partial charge in [-0.3, -0.25) is 4.79 Å². The molecule has 0 saturated heterocycles. The van der Waals surface area contributed by atoms with Gasteiger partial charge in [-0.05, 0) is 55.9 Å². The molecule has 6 heteroatoms. The van der Waals surface area contributed by atoms with E-state index < -0.39 is 0 Å². The smallest absolute Gasteiger partial charge is 0.257 e. The van der Waals surface area contributed by atoms with Crippen LogP contribution in [0.4, 0.5) is 4.39 Å². The monoisotopic (exact) mass is 338 g/mol. The minimum absolute atomic E-state index is 0.119. The van der Waals surface area contributed by atoms with Crippen molar-refractivity contribution >= 4 is 11.6 Å². The fourth-order valence-corrected chi connectivity index (χ4v) is 3.10. The van der Waals surface area contributed by atoms with E-state index in [0.717, 1.165) is 24.1 Å². The number of aryl methyl sites for hydroxylation is 2. The Morgan fingerprint density at radius 2 is 2.12 bits per heavy atom. The van der Waals surface area contributed by atoms with Crippen molar-refractivity contribution in [1.82, 2.24) is 19.9 Å². The number of aromatic nitrogens is 3. The third kappa shape index (κ3) is 2.99. The molecule has 0 radical (unpaired) electrons. The van der Waals surface area contributed by atoms with Crippen molar-refractivity contribution < 1.29 is 9.18 Å². The Morgan fingerprint density at radius 1 is 1.32 bits per heavy atom. The number of benzene rings is 1. The summed E-state index contributed by atoms with van der Waals surface area (Å²) < 4.78 is 15.2. The number of amides is 1. The normalized spacial score (nSPS) is 15.3. The van der Waals surface area contributed by atoms with Gasteiger partial charge >= 0.3 is 0 Å². The van der Waals surface area contributed by atoms with E-state index in [0.29, 0.717) is 22.7 Å². The highest BCUT2D eigenvalue weighted by Crippen LogP contribution is 2.41. The molecule has 4 rings (SSSR count). The molecule has 2 aromatic heterocycles. The van der Waals surface area contributed by atoms with Crippen molar-refractivity contribution in [2.24, 2.45) is 5.92 Å². The first-order valence-corrected chi connectivity index (χ1v) is 8.41. The van der Waals surface area contributed by atoms with Gasteiger partial charge in [0.2, 0.25) is 0 Å². The van der Waals surface area contributed by atoms with Gasteiger partial charge in [-0.2, -0.15) is 5.10 Å². The third-order valence-corrected chi connectivity index (χ3v) is 4.67. The largest absolute Gasteiger partial charge is 0.345 e. The van der Waals surface area contributed by atoms with Crippen LogP contribution < -0.4 is 5.32 Å². The highest BCUT2D eigenvalue weighted by Gasteiger charge is 2.34. The fraction of sp³-hybridized carbons (Fsp3) is 0.316. The second-order valence-corrected chi connectivity index (χ2v) is 6.69. The summed E-state index contributed by atoms with van der Waals surface area (Å²) in [5.41, 5.74) is 3.35. The maximum absolute atomic E-state index is 13.6. The van der Waals surface area contributed by atoms with Crippen molar-refractivity contribution in [3.63, 3.8) is 0 Å². The van der Waals surface area contributed by atoms with Crippen LogP contribution in [0.15, 0.2) is 36.7 Å². The highest BCUT2D eigenvalue weighted by atomic mass is 19.1. The number of hydrogen-bond acceptors (Lipinski definition) is 3. The molecule has 0 spiro atoms. The SMILES string of the molecule is Cc1ccn2ncc(C(=O)NC(c3ccc(F)c(C)c3)C3CC3)c2n1. The number of nitrogens with one attached hydrogen (secondary N) is 1. The number of nitrogens with zero attached hydrogens (tertiary/aromatic N) is 3. The molecule has 3 aromatic rings. The number of rotatable bonds is 4. The summed E-state index contributed by atoms with van der Waals surface area (Å²) in [4.78, 5) is 17.2. The summed E-state index contributed by atoms with van der Waals surface area (Å²) in [6.07, 6.45) is 5.45. The van der Waals surface area contributed by atoms with E-state index in [4.69, 9.17) is 0 Å². The fourth-order valence-electron chi connectivity index (χ4n) is 3.10. The number of fused-ring (bicyclic) bond motifs is 1. The molecule has 1 fully saturated rings. The van der Waals surface area contributed by atoms with E-state index in [1.807, 2.05) is 19.1 Å². The lowest BCUT2D eigenvalue weighted by Crippen LogP contribution is -2.30. The molecule has 5 nitrogen and oxygen atoms in total. The molecule has 1 atom stereocenters. The molecule has 0 bridgehead atoms. The molecule has 25 heavy (non-hydrogen) atoms. The van der Waals surface area contributed by atoms with Gasteiger partial charge < -0.3 is 5.32 Å². The number of carbonyl (C=O) groups excluding carboxylic acids is 1. The molecule has 0 aliphatic heterocycles. The zero-order valence-corrected chi connectivity index (χ0v) is 14.2. The maximum atomic E-state index is 13.6. The molecule has 1 aliphatic rings. The minimum atomic E-state index is -0.230. The van der Waals surface area contributed by atoms with E-state index in [1.165, 1.54) is 12.3 Å². The Morgan fingerprint density at radius 3 is 2.84 bits per heavy atom. The Bertz CT molecular complexity index is 961. The Hall–Kier alpha value is -2.76. The quantitative estimate of drug-likeness (QED) is 0.793. The van der Waals surface area contributed by atoms with Crippen LogP contribution >= 0.6 is 0 Å². The summed E-state index contributed by atoms with van der Waals surface area (Å²) in [6.45, 7) is 3.62. The summed E-state index contributed by atoms with van der Waals surface area (Å²) in [5, 5.41) is 7.29. The Kier molecular flexibility index (Phi) is 3.75. The van der Waals surface area contributed by atoms with Crippen molar-refractivity contribution in [1.29, 1.82) is 0 Å². The van der Waals surface area contributed by atoms with E-state index in [2.05, 4.69) is 15.4 Å². The van der Waals surface area contributed by atoms with Crippen molar-refractivity contribution in [3.8, 4) is 0 Å². The highest BCUT2D eigenvalue weighted by molar-refractivity contribution is 5.99. The van der Waals surface area contributed by atoms with E-state index in [-0.39, 0.29) is 17.8 Å². The molecule has 1 unspecified atom stereocenters. The maximum Gasteiger partial charge on any atom is 0.257 e. The van der Waals surface area contributed by atoms with Gasteiger partial charge in [0.15, 0.2) is 5.65 Å². The first kappa shape index (κ1) is 15.7. The van der Waals surface area contributed by atoms with Gasteiger partial charge in [0.25, 0.3) is 5.91 Å². The van der Waals surface area contributed by atoms with Crippen molar-refractivity contribution in [3.05, 3.63) is 64.9 Å². The minimum Gasteiger partial charge on any atom is -0.345 e. The lowest BCUT2D eigenvalue weighted by molar-refractivity contribution is 0.0933. The van der Waals surface area contributed by atoms with Crippen LogP contribution in [0.3, 0.4) is 0 Å². The van der Waals surface area contributed by atoms with Crippen LogP contribution in [0.5, 0.6) is 0 Å². The Balaban J connectivity index is 1.64. The van der Waals surface area contributed by atoms with Gasteiger partial charge in [0, 0.05) is 11.9 Å². The van der Waals surface area contributed by atoms with Crippen LogP contribution in [0, 0.1) is 25.6 Å². The number of carbonyl (C=O) groups is 1.